The Bertz CT molecular complexity index is 989. The number of unbranched alkanes of at least 4 members (excludes halogenated alkanes) is 23. The monoisotopic (exact) mass is 849 g/mol. The average Bonchev–Trinajstić information content (AvgIpc) is 3.19. The largest absolute Gasteiger partial charge is 0.466 e. The number of sulfonamides is 1. The number of nitrogens with zero attached hydrogens (tertiary/aromatic N) is 1. The lowest BCUT2D eigenvalue weighted by Crippen LogP contribution is -2.31. The van der Waals surface area contributed by atoms with Crippen LogP contribution >= 0.6 is 0 Å². The molecule has 0 spiro atoms. The zero-order valence-corrected chi connectivity index (χ0v) is 39.3. The van der Waals surface area contributed by atoms with Crippen LogP contribution in [0.15, 0.2) is 0 Å². The molecule has 0 fully saturated rings. The second-order valence-electron chi connectivity index (χ2n) is 16.6. The van der Waals surface area contributed by atoms with Gasteiger partial charge in [0.25, 0.3) is 0 Å². The Kier molecular flexibility index (Phi) is 42.8. The van der Waals surface area contributed by atoms with Crippen LogP contribution in [-0.4, -0.2) is 90.4 Å². The van der Waals surface area contributed by atoms with Crippen LogP contribution in [0.25, 0.3) is 0 Å². The molecule has 0 bridgehead atoms. The van der Waals surface area contributed by atoms with Crippen LogP contribution in [0.4, 0.5) is 0 Å². The number of nitrogens with one attached hydrogen (secondary N) is 1. The van der Waals surface area contributed by atoms with E-state index in [9.17, 15) is 18.0 Å². The van der Waals surface area contributed by atoms with Crippen LogP contribution in [-0.2, 0) is 38.6 Å². The van der Waals surface area contributed by atoms with Gasteiger partial charge in [0.05, 0.1) is 25.9 Å². The van der Waals surface area contributed by atoms with Gasteiger partial charge in [-0.15, -0.1) is 0 Å². The van der Waals surface area contributed by atoms with Crippen molar-refractivity contribution in [2.75, 3.05) is 58.9 Å². The van der Waals surface area contributed by atoms with Gasteiger partial charge >= 0.3 is 11.9 Å². The van der Waals surface area contributed by atoms with E-state index >= 15 is 0 Å². The van der Waals surface area contributed by atoms with Gasteiger partial charge in [0.1, 0.15) is 0 Å². The second kappa shape index (κ2) is 43.8. The molecule has 0 unspecified atom stereocenters. The molecule has 10 nitrogen and oxygen atoms in total. The second-order valence-corrected chi connectivity index (χ2v) is 18.4. The summed E-state index contributed by atoms with van der Waals surface area (Å²) < 4.78 is 48.8. The summed E-state index contributed by atoms with van der Waals surface area (Å²) in [7, 11) is -3.18. The fraction of sp³-hybridized carbons (Fsp3) is 0.957. The summed E-state index contributed by atoms with van der Waals surface area (Å²) >= 11 is 0. The third kappa shape index (κ3) is 44.3. The molecule has 0 heterocycles. The molecule has 0 aromatic heterocycles. The van der Waals surface area contributed by atoms with Crippen molar-refractivity contribution in [2.45, 2.75) is 233 Å². The SMILES string of the molecule is CCCCCCCCCOC(=O)CCCCCCCN(CCCCCCOC(=O)CCC(OCCCCCCCC)OCCCCCCCC)CCCNS(C)(=O)=O.[HH]. The minimum Gasteiger partial charge on any atom is -0.466 e. The van der Waals surface area contributed by atoms with Crippen molar-refractivity contribution < 1.29 is 38.4 Å². The van der Waals surface area contributed by atoms with Crippen molar-refractivity contribution >= 4 is 22.0 Å². The number of ether oxygens (including phenoxy) is 4. The van der Waals surface area contributed by atoms with Crippen LogP contribution in [0.5, 0.6) is 0 Å². The van der Waals surface area contributed by atoms with E-state index in [-0.39, 0.29) is 19.7 Å². The number of hydrogen-bond donors (Lipinski definition) is 1. The molecule has 58 heavy (non-hydrogen) atoms. The van der Waals surface area contributed by atoms with E-state index in [4.69, 9.17) is 18.9 Å². The summed E-state index contributed by atoms with van der Waals surface area (Å²) in [5.74, 6) is -0.237. The first kappa shape index (κ1) is 56.7. The molecule has 0 saturated heterocycles. The fourth-order valence-electron chi connectivity index (χ4n) is 7.04. The maximum Gasteiger partial charge on any atom is 0.305 e. The van der Waals surface area contributed by atoms with Crippen LogP contribution < -0.4 is 4.72 Å². The van der Waals surface area contributed by atoms with Crippen molar-refractivity contribution in [2.24, 2.45) is 0 Å². The molecule has 0 aliphatic heterocycles. The molecule has 1 N–H and O–H groups in total. The van der Waals surface area contributed by atoms with Gasteiger partial charge in [0, 0.05) is 34.0 Å². The molecule has 0 amide bonds. The van der Waals surface area contributed by atoms with Gasteiger partial charge < -0.3 is 23.8 Å². The standard InChI is InChI=1S/C47H94N2O8S.H2/c1-5-8-11-14-17-24-29-41-54-45(50)34-26-19-18-20-27-38-49(40-33-37-48-58(4,52)53)39-28-21-25-30-42-55-46(51)35-36-47(56-43-31-22-15-12-9-6-2)57-44-32-23-16-13-10-7-3;/h47-48H,5-44H2,1-4H3;1H. The molecule has 348 valence electrons. The Balaban J connectivity index is 0. The van der Waals surface area contributed by atoms with Gasteiger partial charge in [-0.1, -0.05) is 156 Å². The molecule has 0 aromatic rings. The van der Waals surface area contributed by atoms with Crippen molar-refractivity contribution in [1.29, 1.82) is 0 Å². The Labute approximate surface area is 360 Å². The van der Waals surface area contributed by atoms with E-state index in [1.165, 1.54) is 103 Å². The van der Waals surface area contributed by atoms with E-state index in [1.54, 1.807) is 0 Å². The molecule has 0 aromatic carbocycles. The third-order valence-corrected chi connectivity index (χ3v) is 11.4. The Hall–Kier alpha value is -1.27. The summed E-state index contributed by atoms with van der Waals surface area (Å²) in [6.45, 7) is 12.3. The first-order valence-electron chi connectivity index (χ1n) is 24.4. The molecular formula is C47H96N2O8S. The first-order valence-corrected chi connectivity index (χ1v) is 26.3. The molecular weight excluding hydrogens is 753 g/mol. The van der Waals surface area contributed by atoms with E-state index in [1.807, 2.05) is 0 Å². The minimum absolute atomic E-state index is 0. The molecule has 0 atom stereocenters. The Morgan fingerprint density at radius 2 is 0.845 bits per heavy atom. The van der Waals surface area contributed by atoms with E-state index < -0.39 is 10.0 Å². The third-order valence-electron chi connectivity index (χ3n) is 10.7. The lowest BCUT2D eigenvalue weighted by molar-refractivity contribution is -0.159. The zero-order valence-electron chi connectivity index (χ0n) is 38.5. The molecule has 0 rings (SSSR count). The maximum absolute atomic E-state index is 12.6. The number of carbonyl (C=O) groups excluding carboxylic acids is 2. The van der Waals surface area contributed by atoms with Crippen LogP contribution in [0.3, 0.4) is 0 Å². The zero-order chi connectivity index (χ0) is 42.6. The summed E-state index contributed by atoms with van der Waals surface area (Å²) in [6.07, 6.45) is 35.3. The minimum atomic E-state index is -3.18. The van der Waals surface area contributed by atoms with E-state index in [0.29, 0.717) is 52.2 Å². The summed E-state index contributed by atoms with van der Waals surface area (Å²) in [5, 5.41) is 0. The highest BCUT2D eigenvalue weighted by molar-refractivity contribution is 7.88. The van der Waals surface area contributed by atoms with Crippen LogP contribution in [0.2, 0.25) is 0 Å². The predicted molar refractivity (Wildman–Crippen MR) is 244 cm³/mol. The topological polar surface area (TPSA) is 120 Å². The van der Waals surface area contributed by atoms with Gasteiger partial charge in [0.15, 0.2) is 6.29 Å². The van der Waals surface area contributed by atoms with Crippen LogP contribution in [0.1, 0.15) is 228 Å². The van der Waals surface area contributed by atoms with E-state index in [2.05, 4.69) is 30.4 Å². The summed E-state index contributed by atoms with van der Waals surface area (Å²) in [4.78, 5) is 27.1. The van der Waals surface area contributed by atoms with Crippen molar-refractivity contribution in [3.05, 3.63) is 0 Å². The molecule has 0 aliphatic carbocycles. The summed E-state index contributed by atoms with van der Waals surface area (Å²) in [5.41, 5.74) is 0. The van der Waals surface area contributed by atoms with Crippen LogP contribution in [0, 0.1) is 0 Å². The predicted octanol–water partition coefficient (Wildman–Crippen LogP) is 12.1. The van der Waals surface area contributed by atoms with Gasteiger partial charge in [-0.2, -0.15) is 0 Å². The fourth-order valence-corrected chi connectivity index (χ4v) is 7.56. The van der Waals surface area contributed by atoms with Crippen molar-refractivity contribution in [1.82, 2.24) is 9.62 Å². The molecule has 0 aliphatic rings. The number of rotatable bonds is 47. The quantitative estimate of drug-likeness (QED) is 0.0362. The first-order chi connectivity index (χ1) is 28.2. The smallest absolute Gasteiger partial charge is 0.305 e. The highest BCUT2D eigenvalue weighted by Gasteiger charge is 2.14. The number of hydrogen-bond acceptors (Lipinski definition) is 9. The molecule has 11 heteroatoms. The normalized spacial score (nSPS) is 11.9. The molecule has 0 saturated carbocycles. The molecule has 0 radical (unpaired) electrons. The van der Waals surface area contributed by atoms with Gasteiger partial charge in [-0.05, 0) is 71.0 Å². The lowest BCUT2D eigenvalue weighted by atomic mass is 10.1. The van der Waals surface area contributed by atoms with Crippen molar-refractivity contribution in [3.8, 4) is 0 Å². The number of carbonyl (C=O) groups is 2. The summed E-state index contributed by atoms with van der Waals surface area (Å²) in [6, 6.07) is 0. The van der Waals surface area contributed by atoms with E-state index in [0.717, 1.165) is 110 Å². The van der Waals surface area contributed by atoms with Gasteiger partial charge in [-0.3, -0.25) is 9.59 Å². The highest BCUT2D eigenvalue weighted by Crippen LogP contribution is 2.14. The number of esters is 2. The Morgan fingerprint density at radius 1 is 0.483 bits per heavy atom. The lowest BCUT2D eigenvalue weighted by Gasteiger charge is -2.22. The van der Waals surface area contributed by atoms with Gasteiger partial charge in [-0.25, -0.2) is 13.1 Å². The average molecular weight is 849 g/mol. The Morgan fingerprint density at radius 3 is 1.29 bits per heavy atom. The maximum atomic E-state index is 12.6. The highest BCUT2D eigenvalue weighted by atomic mass is 32.2. The van der Waals surface area contributed by atoms with Gasteiger partial charge in [0.2, 0.25) is 10.0 Å². The van der Waals surface area contributed by atoms with Crippen molar-refractivity contribution in [3.63, 3.8) is 0 Å².